The third kappa shape index (κ3) is 4.10. The average molecular weight is 414 g/mol. The Labute approximate surface area is 170 Å². The summed E-state index contributed by atoms with van der Waals surface area (Å²) in [5.41, 5.74) is 3.09. The summed E-state index contributed by atoms with van der Waals surface area (Å²) < 4.78 is 6.82. The van der Waals surface area contributed by atoms with E-state index in [0.717, 1.165) is 45.8 Å². The van der Waals surface area contributed by atoms with E-state index in [0.29, 0.717) is 0 Å². The number of anilines is 2. The van der Waals surface area contributed by atoms with Crippen molar-refractivity contribution >= 4 is 54.9 Å². The number of nitrogens with zero attached hydrogens (tertiary/aromatic N) is 2. The van der Waals surface area contributed by atoms with Gasteiger partial charge in [-0.25, -0.2) is 9.97 Å². The number of thiazole rings is 2. The monoisotopic (exact) mass is 413 g/mol. The highest BCUT2D eigenvalue weighted by molar-refractivity contribution is 7.98. The Morgan fingerprint density at radius 2 is 1.93 bits per heavy atom. The van der Waals surface area contributed by atoms with Gasteiger partial charge in [0, 0.05) is 15.8 Å². The molecular formula is C20H19N3OS3. The maximum absolute atomic E-state index is 5.64. The number of para-hydroxylation sites is 1. The zero-order chi connectivity index (χ0) is 18.6. The van der Waals surface area contributed by atoms with Gasteiger partial charge in [-0.1, -0.05) is 24.3 Å². The molecule has 0 saturated heterocycles. The number of hydrogen-bond acceptors (Lipinski definition) is 7. The lowest BCUT2D eigenvalue weighted by molar-refractivity contribution is 0.317. The number of thioether (sulfide) groups is 1. The molecule has 0 spiro atoms. The molecule has 2 aromatic carbocycles. The molecule has 0 fully saturated rings. The first-order valence-electron chi connectivity index (χ1n) is 8.66. The molecule has 27 heavy (non-hydrogen) atoms. The maximum Gasteiger partial charge on any atom is 0.190 e. The minimum absolute atomic E-state index is 0.741. The van der Waals surface area contributed by atoms with Crippen LogP contribution in [0, 0.1) is 0 Å². The lowest BCUT2D eigenvalue weighted by Gasteiger charge is -2.04. The van der Waals surface area contributed by atoms with Gasteiger partial charge in [-0.2, -0.15) is 0 Å². The Morgan fingerprint density at radius 3 is 2.70 bits per heavy atom. The lowest BCUT2D eigenvalue weighted by Crippen LogP contribution is -1.94. The van der Waals surface area contributed by atoms with Crippen LogP contribution in [0.15, 0.2) is 52.7 Å². The van der Waals surface area contributed by atoms with E-state index in [-0.39, 0.29) is 0 Å². The van der Waals surface area contributed by atoms with Crippen molar-refractivity contribution < 1.29 is 4.74 Å². The second-order valence-corrected chi connectivity index (χ2v) is 8.60. The molecule has 0 saturated carbocycles. The van der Waals surface area contributed by atoms with Crippen LogP contribution in [0.3, 0.4) is 0 Å². The standard InChI is InChI=1S/C20H19N3OS3/c1-3-11-24-14-9-7-13(8-10-14)15-12-26-19(21-15)23-20-22-18-16(25-2)5-4-6-17(18)27-20/h4-10,12H,3,11H2,1-2H3,(H,21,22,23). The summed E-state index contributed by atoms with van der Waals surface area (Å²) in [6, 6.07) is 14.4. The van der Waals surface area contributed by atoms with Gasteiger partial charge in [0.1, 0.15) is 5.75 Å². The van der Waals surface area contributed by atoms with Gasteiger partial charge in [-0.15, -0.1) is 23.1 Å². The van der Waals surface area contributed by atoms with E-state index in [9.17, 15) is 0 Å². The molecule has 0 bridgehead atoms. The van der Waals surface area contributed by atoms with Gasteiger partial charge < -0.3 is 10.1 Å². The van der Waals surface area contributed by atoms with E-state index < -0.39 is 0 Å². The first-order chi connectivity index (χ1) is 13.3. The summed E-state index contributed by atoms with van der Waals surface area (Å²) in [5, 5.41) is 7.13. The second-order valence-electron chi connectivity index (χ2n) is 5.86. The van der Waals surface area contributed by atoms with Gasteiger partial charge in [0.2, 0.25) is 0 Å². The maximum atomic E-state index is 5.64. The van der Waals surface area contributed by atoms with Crippen molar-refractivity contribution in [3.8, 4) is 17.0 Å². The number of fused-ring (bicyclic) bond motifs is 1. The summed E-state index contributed by atoms with van der Waals surface area (Å²) in [5.74, 6) is 0.897. The Hall–Kier alpha value is -2.09. The van der Waals surface area contributed by atoms with Crippen LogP contribution in [0.4, 0.5) is 10.3 Å². The highest BCUT2D eigenvalue weighted by atomic mass is 32.2. The zero-order valence-corrected chi connectivity index (χ0v) is 17.5. The van der Waals surface area contributed by atoms with Crippen LogP contribution in [0.5, 0.6) is 5.75 Å². The highest BCUT2D eigenvalue weighted by Gasteiger charge is 2.10. The van der Waals surface area contributed by atoms with Crippen LogP contribution in [0.1, 0.15) is 13.3 Å². The molecule has 1 N–H and O–H groups in total. The zero-order valence-electron chi connectivity index (χ0n) is 15.1. The van der Waals surface area contributed by atoms with Crippen molar-refractivity contribution in [2.45, 2.75) is 18.2 Å². The van der Waals surface area contributed by atoms with Crippen LogP contribution in [0.25, 0.3) is 21.5 Å². The minimum Gasteiger partial charge on any atom is -0.494 e. The predicted molar refractivity (Wildman–Crippen MR) is 118 cm³/mol. The van der Waals surface area contributed by atoms with E-state index in [1.165, 1.54) is 9.60 Å². The van der Waals surface area contributed by atoms with E-state index in [4.69, 9.17) is 14.7 Å². The fourth-order valence-electron chi connectivity index (χ4n) is 2.64. The molecule has 4 nitrogen and oxygen atoms in total. The summed E-state index contributed by atoms with van der Waals surface area (Å²) >= 11 is 4.95. The average Bonchev–Trinajstić information content (AvgIpc) is 3.33. The fraction of sp³-hybridized carbons (Fsp3) is 0.200. The topological polar surface area (TPSA) is 47.0 Å². The van der Waals surface area contributed by atoms with Gasteiger partial charge in [0.15, 0.2) is 10.3 Å². The quantitative estimate of drug-likeness (QED) is 0.343. The Balaban J connectivity index is 1.51. The molecular weight excluding hydrogens is 394 g/mol. The first-order valence-corrected chi connectivity index (χ1v) is 11.6. The number of hydrogen-bond donors (Lipinski definition) is 1. The molecule has 0 amide bonds. The highest BCUT2D eigenvalue weighted by Crippen LogP contribution is 2.35. The summed E-state index contributed by atoms with van der Waals surface area (Å²) in [4.78, 5) is 10.6. The van der Waals surface area contributed by atoms with Crippen molar-refractivity contribution in [1.29, 1.82) is 0 Å². The SMILES string of the molecule is CCCOc1ccc(-c2csc(Nc3nc4c(SC)cccc4s3)n2)cc1. The smallest absolute Gasteiger partial charge is 0.190 e. The molecule has 2 aromatic heterocycles. The Bertz CT molecular complexity index is 1040. The van der Waals surface area contributed by atoms with Gasteiger partial charge in [0.25, 0.3) is 0 Å². The van der Waals surface area contributed by atoms with Crippen LogP contribution < -0.4 is 10.1 Å². The van der Waals surface area contributed by atoms with Crippen LogP contribution in [-0.2, 0) is 0 Å². The largest absolute Gasteiger partial charge is 0.494 e. The molecule has 4 aromatic rings. The number of ether oxygens (including phenoxy) is 1. The first kappa shape index (κ1) is 18.3. The number of rotatable bonds is 7. The van der Waals surface area contributed by atoms with Crippen molar-refractivity contribution in [2.24, 2.45) is 0 Å². The molecule has 4 rings (SSSR count). The van der Waals surface area contributed by atoms with E-state index in [1.807, 2.05) is 24.3 Å². The van der Waals surface area contributed by atoms with Gasteiger partial charge in [0.05, 0.1) is 22.5 Å². The van der Waals surface area contributed by atoms with Crippen LogP contribution >= 0.6 is 34.4 Å². The van der Waals surface area contributed by atoms with E-state index in [1.54, 1.807) is 34.4 Å². The van der Waals surface area contributed by atoms with Crippen molar-refractivity contribution in [3.05, 3.63) is 47.8 Å². The lowest BCUT2D eigenvalue weighted by atomic mass is 10.2. The minimum atomic E-state index is 0.741. The van der Waals surface area contributed by atoms with Crippen LogP contribution in [-0.4, -0.2) is 22.8 Å². The summed E-state index contributed by atoms with van der Waals surface area (Å²) in [7, 11) is 0. The Kier molecular flexibility index (Phi) is 5.61. The number of benzene rings is 2. The van der Waals surface area contributed by atoms with Crippen molar-refractivity contribution in [2.75, 3.05) is 18.2 Å². The molecule has 0 atom stereocenters. The third-order valence-electron chi connectivity index (χ3n) is 3.94. The second kappa shape index (κ2) is 8.29. The van der Waals surface area contributed by atoms with Crippen molar-refractivity contribution in [1.82, 2.24) is 9.97 Å². The van der Waals surface area contributed by atoms with E-state index in [2.05, 4.69) is 42.1 Å². The summed E-state index contributed by atoms with van der Waals surface area (Å²) in [6.07, 6.45) is 3.08. The van der Waals surface area contributed by atoms with E-state index >= 15 is 0 Å². The molecule has 0 aliphatic carbocycles. The molecule has 0 unspecified atom stereocenters. The predicted octanol–water partition coefficient (Wildman–Crippen LogP) is 6.67. The van der Waals surface area contributed by atoms with Gasteiger partial charge in [-0.3, -0.25) is 0 Å². The fourth-order valence-corrected chi connectivity index (χ4v) is 4.94. The molecule has 0 aliphatic heterocycles. The number of aromatic nitrogens is 2. The van der Waals surface area contributed by atoms with Crippen LogP contribution in [0.2, 0.25) is 0 Å². The Morgan fingerprint density at radius 1 is 1.07 bits per heavy atom. The normalized spacial score (nSPS) is 11.0. The van der Waals surface area contributed by atoms with Gasteiger partial charge >= 0.3 is 0 Å². The van der Waals surface area contributed by atoms with Gasteiger partial charge in [-0.05, 0) is 49.1 Å². The molecule has 0 radical (unpaired) electrons. The van der Waals surface area contributed by atoms with Crippen molar-refractivity contribution in [3.63, 3.8) is 0 Å². The molecule has 2 heterocycles. The number of nitrogens with one attached hydrogen (secondary N) is 1. The summed E-state index contributed by atoms with van der Waals surface area (Å²) in [6.45, 7) is 2.84. The molecule has 7 heteroatoms. The third-order valence-corrected chi connectivity index (χ3v) is 6.41. The molecule has 138 valence electrons. The molecule has 0 aliphatic rings.